The van der Waals surface area contributed by atoms with Gasteiger partial charge in [0.05, 0.1) is 6.61 Å². The molecule has 0 aromatic carbocycles. The highest BCUT2D eigenvalue weighted by Gasteiger charge is 2.35. The fourth-order valence-electron chi connectivity index (χ4n) is 4.22. The molecule has 0 saturated heterocycles. The predicted molar refractivity (Wildman–Crippen MR) is 74.4 cm³/mol. The van der Waals surface area contributed by atoms with Gasteiger partial charge in [-0.3, -0.25) is 5.41 Å². The van der Waals surface area contributed by atoms with Gasteiger partial charge in [0, 0.05) is 0 Å². The lowest BCUT2D eigenvalue weighted by atomic mass is 9.65. The SMILES string of the molecule is CC1CC2CCCC(C2)C(C)C(COC(=N)N)C1. The van der Waals surface area contributed by atoms with Gasteiger partial charge in [-0.2, -0.15) is 0 Å². The molecule has 2 bridgehead atoms. The Morgan fingerprint density at radius 2 is 2.00 bits per heavy atom. The number of hydrogen-bond acceptors (Lipinski definition) is 2. The summed E-state index contributed by atoms with van der Waals surface area (Å²) in [6, 6.07) is -0.126. The molecular weight excluding hydrogens is 224 g/mol. The van der Waals surface area contributed by atoms with Gasteiger partial charge < -0.3 is 10.5 Å². The third-order valence-electron chi connectivity index (χ3n) is 5.20. The molecule has 3 heteroatoms. The van der Waals surface area contributed by atoms with Crippen LogP contribution in [-0.4, -0.2) is 12.6 Å². The molecule has 5 atom stereocenters. The first-order chi connectivity index (χ1) is 8.56. The summed E-state index contributed by atoms with van der Waals surface area (Å²) in [5.74, 6) is 3.92. The van der Waals surface area contributed by atoms with Gasteiger partial charge in [-0.15, -0.1) is 0 Å². The number of ether oxygens (including phenoxy) is 1. The zero-order valence-corrected chi connectivity index (χ0v) is 11.8. The van der Waals surface area contributed by atoms with Crippen molar-refractivity contribution in [3.63, 3.8) is 0 Å². The minimum atomic E-state index is -0.126. The largest absolute Gasteiger partial charge is 0.465 e. The summed E-state index contributed by atoms with van der Waals surface area (Å²) in [7, 11) is 0. The average molecular weight is 252 g/mol. The summed E-state index contributed by atoms with van der Waals surface area (Å²) in [5.41, 5.74) is 5.32. The van der Waals surface area contributed by atoms with Crippen molar-refractivity contribution in [2.75, 3.05) is 6.61 Å². The minimum Gasteiger partial charge on any atom is -0.465 e. The Labute approximate surface area is 111 Å². The van der Waals surface area contributed by atoms with Crippen LogP contribution in [0.2, 0.25) is 0 Å². The van der Waals surface area contributed by atoms with Gasteiger partial charge in [-0.25, -0.2) is 0 Å². The van der Waals surface area contributed by atoms with Gasteiger partial charge in [0.15, 0.2) is 0 Å². The Hall–Kier alpha value is -0.730. The molecule has 2 rings (SSSR count). The van der Waals surface area contributed by atoms with E-state index in [9.17, 15) is 0 Å². The van der Waals surface area contributed by atoms with Crippen LogP contribution in [0.25, 0.3) is 0 Å². The van der Waals surface area contributed by atoms with Crippen molar-refractivity contribution in [1.82, 2.24) is 0 Å². The average Bonchev–Trinajstić information content (AvgIpc) is 2.32. The Morgan fingerprint density at radius 3 is 2.72 bits per heavy atom. The molecule has 3 N–H and O–H groups in total. The molecule has 0 radical (unpaired) electrons. The molecule has 0 aromatic rings. The summed E-state index contributed by atoms with van der Waals surface area (Å²) in [6.07, 6.45) is 8.29. The van der Waals surface area contributed by atoms with E-state index in [0.29, 0.717) is 12.5 Å². The lowest BCUT2D eigenvalue weighted by Crippen LogP contribution is -2.34. The predicted octanol–water partition coefficient (Wildman–Crippen LogP) is 3.39. The molecule has 2 aliphatic carbocycles. The molecule has 0 aromatic heterocycles. The summed E-state index contributed by atoms with van der Waals surface area (Å²) < 4.78 is 5.30. The van der Waals surface area contributed by atoms with Crippen molar-refractivity contribution in [1.29, 1.82) is 5.41 Å². The second-order valence-electron chi connectivity index (χ2n) is 6.66. The molecule has 2 aliphatic rings. The van der Waals surface area contributed by atoms with Crippen molar-refractivity contribution >= 4 is 6.02 Å². The van der Waals surface area contributed by atoms with Crippen LogP contribution in [0.1, 0.15) is 52.4 Å². The van der Waals surface area contributed by atoms with Crippen LogP contribution in [-0.2, 0) is 4.74 Å². The standard InChI is InChI=1S/C15H28N2O/c1-10-6-12-4-3-5-13(8-12)11(2)14(7-10)9-18-15(16)17/h10-14H,3-9H2,1-2H3,(H3,16,17). The number of rotatable bonds is 2. The highest BCUT2D eigenvalue weighted by atomic mass is 16.5. The van der Waals surface area contributed by atoms with E-state index in [1.54, 1.807) is 0 Å². The Balaban J connectivity index is 2.01. The highest BCUT2D eigenvalue weighted by Crippen LogP contribution is 2.43. The zero-order chi connectivity index (χ0) is 13.1. The lowest BCUT2D eigenvalue weighted by molar-refractivity contribution is 0.0667. The monoisotopic (exact) mass is 252 g/mol. The molecular formula is C15H28N2O. The fraction of sp³-hybridized carbons (Fsp3) is 0.933. The van der Waals surface area contributed by atoms with Crippen molar-refractivity contribution in [3.05, 3.63) is 0 Å². The Bertz CT molecular complexity index is 292. The van der Waals surface area contributed by atoms with Gasteiger partial charge in [0.1, 0.15) is 0 Å². The third-order valence-corrected chi connectivity index (χ3v) is 5.20. The van der Waals surface area contributed by atoms with Crippen LogP contribution in [0.15, 0.2) is 0 Å². The van der Waals surface area contributed by atoms with E-state index >= 15 is 0 Å². The van der Waals surface area contributed by atoms with E-state index in [4.69, 9.17) is 15.9 Å². The molecule has 104 valence electrons. The molecule has 0 spiro atoms. The number of amidine groups is 1. The second-order valence-corrected chi connectivity index (χ2v) is 6.66. The lowest BCUT2D eigenvalue weighted by Gasteiger charge is -2.41. The molecule has 2 saturated carbocycles. The first-order valence-electron chi connectivity index (χ1n) is 7.53. The summed E-state index contributed by atoms with van der Waals surface area (Å²) in [5, 5.41) is 7.22. The summed E-state index contributed by atoms with van der Waals surface area (Å²) in [4.78, 5) is 0. The summed E-state index contributed by atoms with van der Waals surface area (Å²) >= 11 is 0. The van der Waals surface area contributed by atoms with Gasteiger partial charge >= 0.3 is 0 Å². The number of fused-ring (bicyclic) bond motifs is 2. The molecule has 0 amide bonds. The molecule has 0 aliphatic heterocycles. The van der Waals surface area contributed by atoms with Gasteiger partial charge in [0.25, 0.3) is 6.02 Å². The molecule has 2 fully saturated rings. The van der Waals surface area contributed by atoms with E-state index in [1.807, 2.05) is 0 Å². The second kappa shape index (κ2) is 5.94. The Morgan fingerprint density at radius 1 is 1.22 bits per heavy atom. The maximum absolute atomic E-state index is 7.22. The number of hydrogen-bond donors (Lipinski definition) is 2. The topological polar surface area (TPSA) is 59.1 Å². The smallest absolute Gasteiger partial charge is 0.279 e. The quantitative estimate of drug-likeness (QED) is 0.584. The van der Waals surface area contributed by atoms with Crippen LogP contribution < -0.4 is 5.73 Å². The highest BCUT2D eigenvalue weighted by molar-refractivity contribution is 5.67. The van der Waals surface area contributed by atoms with E-state index in [1.165, 1.54) is 38.5 Å². The maximum Gasteiger partial charge on any atom is 0.279 e. The van der Waals surface area contributed by atoms with E-state index in [0.717, 1.165) is 23.7 Å². The molecule has 3 nitrogen and oxygen atoms in total. The Kier molecular flexibility index (Phi) is 4.52. The first kappa shape index (κ1) is 13.7. The fourth-order valence-corrected chi connectivity index (χ4v) is 4.22. The number of nitrogens with two attached hydrogens (primary N) is 1. The normalized spacial score (nSPS) is 40.7. The van der Waals surface area contributed by atoms with Gasteiger partial charge in [-0.1, -0.05) is 33.1 Å². The van der Waals surface area contributed by atoms with Gasteiger partial charge in [0.2, 0.25) is 0 Å². The van der Waals surface area contributed by atoms with E-state index in [2.05, 4.69) is 13.8 Å². The van der Waals surface area contributed by atoms with Crippen LogP contribution in [0.5, 0.6) is 0 Å². The molecule has 5 unspecified atom stereocenters. The van der Waals surface area contributed by atoms with Crippen molar-refractivity contribution in [2.45, 2.75) is 52.4 Å². The van der Waals surface area contributed by atoms with E-state index < -0.39 is 0 Å². The van der Waals surface area contributed by atoms with Crippen LogP contribution in [0.4, 0.5) is 0 Å². The maximum atomic E-state index is 7.22. The molecule has 18 heavy (non-hydrogen) atoms. The zero-order valence-electron chi connectivity index (χ0n) is 11.8. The number of nitrogens with one attached hydrogen (secondary N) is 1. The van der Waals surface area contributed by atoms with Crippen molar-refractivity contribution in [3.8, 4) is 0 Å². The first-order valence-corrected chi connectivity index (χ1v) is 7.53. The third kappa shape index (κ3) is 3.39. The van der Waals surface area contributed by atoms with Crippen LogP contribution in [0.3, 0.4) is 0 Å². The summed E-state index contributed by atoms with van der Waals surface area (Å²) in [6.45, 7) is 5.41. The van der Waals surface area contributed by atoms with Gasteiger partial charge in [-0.05, 0) is 48.9 Å². The van der Waals surface area contributed by atoms with Crippen LogP contribution in [0, 0.1) is 35.0 Å². The van der Waals surface area contributed by atoms with Crippen molar-refractivity contribution < 1.29 is 4.74 Å². The van der Waals surface area contributed by atoms with Crippen molar-refractivity contribution in [2.24, 2.45) is 35.3 Å². The minimum absolute atomic E-state index is 0.126. The van der Waals surface area contributed by atoms with Crippen LogP contribution >= 0.6 is 0 Å². The van der Waals surface area contributed by atoms with E-state index in [-0.39, 0.29) is 6.02 Å². The molecule has 0 heterocycles.